The van der Waals surface area contributed by atoms with Gasteiger partial charge in [0.05, 0.1) is 6.10 Å². The Morgan fingerprint density at radius 2 is 1.93 bits per heavy atom. The van der Waals surface area contributed by atoms with Crippen LogP contribution >= 0.6 is 7.82 Å². The van der Waals surface area contributed by atoms with E-state index in [9.17, 15) is 9.36 Å². The lowest BCUT2D eigenvalue weighted by molar-refractivity contribution is -0.138. The van der Waals surface area contributed by atoms with Gasteiger partial charge in [0, 0.05) is 6.54 Å². The van der Waals surface area contributed by atoms with E-state index in [0.717, 1.165) is 0 Å². The number of phosphoric acid groups is 1. The number of carbonyl (C=O) groups is 1. The van der Waals surface area contributed by atoms with Crippen LogP contribution in [0.4, 0.5) is 0 Å². The highest BCUT2D eigenvalue weighted by Gasteiger charge is 2.22. The quantitative estimate of drug-likeness (QED) is 0.342. The monoisotopic (exact) mass is 242 g/mol. The number of hydrogen-bond donors (Lipinski definition) is 5. The Hall–Kier alpha value is -0.500. The van der Waals surface area contributed by atoms with Crippen molar-refractivity contribution in [2.24, 2.45) is 11.5 Å². The lowest BCUT2D eigenvalue weighted by Crippen LogP contribution is -2.32. The normalized spacial score (nSPS) is 16.0. The fourth-order valence-electron chi connectivity index (χ4n) is 0.897. The minimum absolute atomic E-state index is 0.0389. The number of phosphoric ester groups is 1. The summed E-state index contributed by atoms with van der Waals surface area (Å²) in [5.74, 6) is -1.18. The zero-order chi connectivity index (χ0) is 12.1. The number of hydrogen-bond acceptors (Lipinski definition) is 5. The Morgan fingerprint density at radius 1 is 1.40 bits per heavy atom. The lowest BCUT2D eigenvalue weighted by atomic mass is 10.1. The van der Waals surface area contributed by atoms with Gasteiger partial charge < -0.3 is 26.4 Å². The van der Waals surface area contributed by atoms with Gasteiger partial charge >= 0.3 is 13.8 Å². The Balaban J connectivity index is 4.01. The number of rotatable bonds is 7. The van der Waals surface area contributed by atoms with Crippen molar-refractivity contribution < 1.29 is 28.8 Å². The molecule has 0 aromatic heterocycles. The van der Waals surface area contributed by atoms with E-state index in [1.807, 2.05) is 0 Å². The summed E-state index contributed by atoms with van der Waals surface area (Å²) in [6.45, 7) is -0.114. The first-order valence-electron chi connectivity index (χ1n) is 4.18. The molecule has 9 heteroatoms. The topological polar surface area (TPSA) is 156 Å². The third-order valence-corrected chi connectivity index (χ3v) is 2.24. The van der Waals surface area contributed by atoms with Gasteiger partial charge in [0.25, 0.3) is 0 Å². The molecule has 0 amide bonds. The molecule has 0 aromatic rings. The van der Waals surface area contributed by atoms with Crippen LogP contribution in [0.25, 0.3) is 0 Å². The van der Waals surface area contributed by atoms with Crippen LogP contribution in [0.1, 0.15) is 12.8 Å². The summed E-state index contributed by atoms with van der Waals surface area (Å²) < 4.78 is 14.8. The standard InChI is InChI=1S/C6H15N2O6P/c7-3-4(14-15(11,12)13)1-2-5(8)6(9)10/h4-5H,1-3,7-8H2,(H,9,10)(H2,11,12,13). The minimum atomic E-state index is -4.59. The van der Waals surface area contributed by atoms with E-state index in [-0.39, 0.29) is 19.4 Å². The second kappa shape index (κ2) is 6.16. The molecule has 0 saturated heterocycles. The molecule has 2 atom stereocenters. The molecule has 0 heterocycles. The van der Waals surface area contributed by atoms with Crippen molar-refractivity contribution in [2.45, 2.75) is 25.0 Å². The van der Waals surface area contributed by atoms with Gasteiger partial charge in [-0.05, 0) is 12.8 Å². The molecule has 0 aliphatic rings. The minimum Gasteiger partial charge on any atom is -0.480 e. The molecule has 15 heavy (non-hydrogen) atoms. The lowest BCUT2D eigenvalue weighted by Gasteiger charge is -2.17. The van der Waals surface area contributed by atoms with Crippen LogP contribution in [0.3, 0.4) is 0 Å². The van der Waals surface area contributed by atoms with Crippen LogP contribution in [0.2, 0.25) is 0 Å². The van der Waals surface area contributed by atoms with Crippen LogP contribution in [-0.4, -0.2) is 39.6 Å². The van der Waals surface area contributed by atoms with Crippen LogP contribution in [0.15, 0.2) is 0 Å². The molecule has 0 bridgehead atoms. The van der Waals surface area contributed by atoms with E-state index in [1.165, 1.54) is 0 Å². The number of nitrogens with two attached hydrogens (primary N) is 2. The molecular formula is C6H15N2O6P. The molecular weight excluding hydrogens is 227 g/mol. The first-order valence-corrected chi connectivity index (χ1v) is 5.71. The van der Waals surface area contributed by atoms with E-state index < -0.39 is 25.9 Å². The molecule has 0 aromatic carbocycles. The Kier molecular flexibility index (Phi) is 5.96. The number of carboxylic acids is 1. The second-order valence-corrected chi connectivity index (χ2v) is 4.17. The van der Waals surface area contributed by atoms with Crippen molar-refractivity contribution >= 4 is 13.8 Å². The molecule has 0 fully saturated rings. The average molecular weight is 242 g/mol. The maximum atomic E-state index is 10.4. The first kappa shape index (κ1) is 14.5. The molecule has 90 valence electrons. The predicted octanol–water partition coefficient (Wildman–Crippen LogP) is -1.38. The molecule has 0 spiro atoms. The van der Waals surface area contributed by atoms with Gasteiger partial charge in [-0.3, -0.25) is 9.32 Å². The largest absolute Gasteiger partial charge is 0.480 e. The molecule has 0 aliphatic heterocycles. The van der Waals surface area contributed by atoms with E-state index in [2.05, 4.69) is 4.52 Å². The van der Waals surface area contributed by atoms with Gasteiger partial charge in [-0.25, -0.2) is 4.57 Å². The third kappa shape index (κ3) is 7.43. The highest BCUT2D eigenvalue weighted by atomic mass is 31.2. The summed E-state index contributed by atoms with van der Waals surface area (Å²) in [5.41, 5.74) is 10.4. The number of aliphatic carboxylic acids is 1. The van der Waals surface area contributed by atoms with Gasteiger partial charge in [-0.1, -0.05) is 0 Å². The van der Waals surface area contributed by atoms with Gasteiger partial charge in [-0.2, -0.15) is 0 Å². The predicted molar refractivity (Wildman–Crippen MR) is 50.8 cm³/mol. The second-order valence-electron chi connectivity index (χ2n) is 2.98. The molecule has 0 aliphatic carbocycles. The summed E-state index contributed by atoms with van der Waals surface area (Å²) >= 11 is 0. The fourth-order valence-corrected chi connectivity index (χ4v) is 1.48. The highest BCUT2D eigenvalue weighted by molar-refractivity contribution is 7.46. The molecule has 0 saturated carbocycles. The molecule has 0 rings (SSSR count). The van der Waals surface area contributed by atoms with Crippen LogP contribution in [0, 0.1) is 0 Å². The summed E-state index contributed by atoms with van der Waals surface area (Å²) in [4.78, 5) is 27.3. The van der Waals surface area contributed by atoms with Crippen molar-refractivity contribution in [1.29, 1.82) is 0 Å². The maximum absolute atomic E-state index is 10.4. The molecule has 0 radical (unpaired) electrons. The average Bonchev–Trinajstić information content (AvgIpc) is 2.09. The van der Waals surface area contributed by atoms with Gasteiger partial charge in [0.1, 0.15) is 6.04 Å². The zero-order valence-corrected chi connectivity index (χ0v) is 8.84. The first-order chi connectivity index (χ1) is 6.76. The van der Waals surface area contributed by atoms with Crippen molar-refractivity contribution in [1.82, 2.24) is 0 Å². The van der Waals surface area contributed by atoms with E-state index >= 15 is 0 Å². The van der Waals surface area contributed by atoms with Gasteiger partial charge in [0.15, 0.2) is 0 Å². The maximum Gasteiger partial charge on any atom is 0.469 e. The van der Waals surface area contributed by atoms with Gasteiger partial charge in [0.2, 0.25) is 0 Å². The third-order valence-electron chi connectivity index (χ3n) is 1.67. The SMILES string of the molecule is NCC(CCC(N)C(=O)O)OP(=O)(O)O. The summed E-state index contributed by atoms with van der Waals surface area (Å²) in [6.07, 6.45) is -0.775. The highest BCUT2D eigenvalue weighted by Crippen LogP contribution is 2.38. The zero-order valence-electron chi connectivity index (χ0n) is 7.94. The Morgan fingerprint density at radius 3 is 2.27 bits per heavy atom. The summed E-state index contributed by atoms with van der Waals surface area (Å²) in [6, 6.07) is -1.08. The van der Waals surface area contributed by atoms with Crippen LogP contribution < -0.4 is 11.5 Å². The molecule has 8 nitrogen and oxygen atoms in total. The summed E-state index contributed by atoms with van der Waals surface area (Å²) in [7, 11) is -4.59. The van der Waals surface area contributed by atoms with Crippen molar-refractivity contribution in [3.05, 3.63) is 0 Å². The van der Waals surface area contributed by atoms with E-state index in [0.29, 0.717) is 0 Å². The Labute approximate surface area is 86.5 Å². The fraction of sp³-hybridized carbons (Fsp3) is 0.833. The van der Waals surface area contributed by atoms with Crippen LogP contribution in [-0.2, 0) is 13.9 Å². The van der Waals surface area contributed by atoms with E-state index in [1.54, 1.807) is 0 Å². The molecule has 2 unspecified atom stereocenters. The van der Waals surface area contributed by atoms with Crippen molar-refractivity contribution in [2.75, 3.05) is 6.54 Å². The van der Waals surface area contributed by atoms with Gasteiger partial charge in [-0.15, -0.1) is 0 Å². The van der Waals surface area contributed by atoms with Crippen LogP contribution in [0.5, 0.6) is 0 Å². The molecule has 7 N–H and O–H groups in total. The Bertz CT molecular complexity index is 254. The summed E-state index contributed by atoms with van der Waals surface area (Å²) in [5, 5.41) is 8.45. The van der Waals surface area contributed by atoms with Crippen molar-refractivity contribution in [3.8, 4) is 0 Å². The smallest absolute Gasteiger partial charge is 0.469 e. The van der Waals surface area contributed by atoms with E-state index in [4.69, 9.17) is 26.4 Å². The number of carboxylic acid groups (broad SMARTS) is 1. The van der Waals surface area contributed by atoms with Crippen molar-refractivity contribution in [3.63, 3.8) is 0 Å².